The number of aromatic nitrogens is 1. The molecule has 5 aliphatic heterocycles. The molecule has 0 aliphatic carbocycles. The van der Waals surface area contributed by atoms with E-state index in [2.05, 4.69) is 25.9 Å². The van der Waals surface area contributed by atoms with Gasteiger partial charge in [-0.1, -0.05) is 21.9 Å². The number of nitrogens with two attached hydrogens (primary N) is 1. The van der Waals surface area contributed by atoms with Crippen molar-refractivity contribution in [3.8, 4) is 11.5 Å². The average Bonchev–Trinajstić information content (AvgIpc) is 3.60. The Morgan fingerprint density at radius 1 is 1.11 bits per heavy atom. The van der Waals surface area contributed by atoms with E-state index in [0.717, 1.165) is 36.7 Å². The number of amides is 3. The number of piperidine rings is 3. The van der Waals surface area contributed by atoms with Crippen LogP contribution in [0.5, 0.6) is 11.5 Å². The Morgan fingerprint density at radius 2 is 1.77 bits per heavy atom. The predicted octanol–water partition coefficient (Wildman–Crippen LogP) is 1.67. The van der Waals surface area contributed by atoms with Gasteiger partial charge in [0, 0.05) is 53.0 Å². The van der Waals surface area contributed by atoms with E-state index in [-0.39, 0.29) is 43.5 Å². The van der Waals surface area contributed by atoms with Crippen molar-refractivity contribution in [2.24, 2.45) is 15.7 Å². The second kappa shape index (κ2) is 15.7. The van der Waals surface area contributed by atoms with Crippen molar-refractivity contribution in [2.75, 3.05) is 45.6 Å². The van der Waals surface area contributed by atoms with E-state index >= 15 is 0 Å². The number of thioether (sulfide) groups is 1. The van der Waals surface area contributed by atoms with E-state index in [1.165, 1.54) is 49.1 Å². The van der Waals surface area contributed by atoms with Crippen molar-refractivity contribution in [1.29, 1.82) is 0 Å². The van der Waals surface area contributed by atoms with Gasteiger partial charge in [0.1, 0.15) is 36.5 Å². The number of carbonyl (C=O) groups excluding carboxylic acids is 3. The SMILES string of the molecule is CON=C(C(=O)NCC12CC[N+](CC3=C(C(=O)O)N4C(=O)C(NC(=O)C(=NOC(C)(C)C(=O)O)c5csc(N)n5)C4SC3C)(CC1)CC2)c1cc(O)c(O)c(Cl)c1. The third-order valence-corrected chi connectivity index (χ3v) is 13.4. The summed E-state index contributed by atoms with van der Waals surface area (Å²) in [6, 6.07) is 1.34. The monoisotopic (exact) mass is 849 g/mol. The van der Waals surface area contributed by atoms with Crippen LogP contribution < -0.4 is 16.4 Å². The van der Waals surface area contributed by atoms with Crippen molar-refractivity contribution < 1.29 is 58.6 Å². The van der Waals surface area contributed by atoms with Gasteiger partial charge in [-0.3, -0.25) is 19.3 Å². The topological polar surface area (TPSA) is 276 Å². The lowest BCUT2D eigenvalue weighted by atomic mass is 9.70. The molecule has 1 aromatic carbocycles. The van der Waals surface area contributed by atoms with Gasteiger partial charge >= 0.3 is 11.9 Å². The summed E-state index contributed by atoms with van der Waals surface area (Å²) < 4.78 is 0.616. The lowest BCUT2D eigenvalue weighted by Crippen LogP contribution is -2.72. The number of thiazole rings is 1. The van der Waals surface area contributed by atoms with E-state index in [0.29, 0.717) is 42.8 Å². The number of carbonyl (C=O) groups is 5. The number of phenols is 2. The summed E-state index contributed by atoms with van der Waals surface area (Å²) in [4.78, 5) is 80.2. The molecule has 3 amide bonds. The zero-order valence-electron chi connectivity index (χ0n) is 31.3. The predicted molar refractivity (Wildman–Crippen MR) is 207 cm³/mol. The van der Waals surface area contributed by atoms with Crippen LogP contribution in [0.4, 0.5) is 5.13 Å². The quantitative estimate of drug-likeness (QED) is 0.0469. The number of nitrogens with zero attached hydrogens (tertiary/aromatic N) is 5. The number of rotatable bonds is 14. The molecule has 1 aromatic heterocycles. The number of hydrogen-bond donors (Lipinski definition) is 7. The van der Waals surface area contributed by atoms with Crippen molar-refractivity contribution >= 4 is 80.9 Å². The smallest absolute Gasteiger partial charge is 0.352 e. The minimum atomic E-state index is -1.80. The highest BCUT2D eigenvalue weighted by atomic mass is 35.5. The fourth-order valence-electron chi connectivity index (χ4n) is 7.45. The molecule has 22 heteroatoms. The fraction of sp³-hybridized carbons (Fsp3) is 0.486. The highest BCUT2D eigenvalue weighted by Gasteiger charge is 2.58. The minimum absolute atomic E-state index is 0.00607. The van der Waals surface area contributed by atoms with Crippen LogP contribution in [0.15, 0.2) is 39.1 Å². The molecule has 2 aromatic rings. The summed E-state index contributed by atoms with van der Waals surface area (Å²) in [5.74, 6) is -5.69. The van der Waals surface area contributed by atoms with Crippen LogP contribution in [0, 0.1) is 5.41 Å². The van der Waals surface area contributed by atoms with Crippen LogP contribution in [-0.2, 0) is 33.6 Å². The molecule has 2 bridgehead atoms. The molecule has 7 rings (SSSR count). The van der Waals surface area contributed by atoms with Crippen LogP contribution in [0.1, 0.15) is 51.3 Å². The maximum absolute atomic E-state index is 13.6. The second-order valence-corrected chi connectivity index (χ2v) is 17.7. The van der Waals surface area contributed by atoms with Crippen molar-refractivity contribution in [1.82, 2.24) is 20.5 Å². The number of aliphatic carboxylic acids is 2. The lowest BCUT2D eigenvalue weighted by molar-refractivity contribution is -0.941. The Kier molecular flexibility index (Phi) is 11.4. The van der Waals surface area contributed by atoms with Crippen LogP contribution in [0.2, 0.25) is 5.02 Å². The molecule has 57 heavy (non-hydrogen) atoms. The van der Waals surface area contributed by atoms with Crippen molar-refractivity contribution in [3.63, 3.8) is 0 Å². The van der Waals surface area contributed by atoms with Crippen LogP contribution in [0.25, 0.3) is 0 Å². The van der Waals surface area contributed by atoms with Gasteiger partial charge in [0.05, 0.1) is 24.7 Å². The van der Waals surface area contributed by atoms with Gasteiger partial charge in [-0.2, -0.15) is 0 Å². The number of β-lactam (4-membered cyclic amide) rings is 1. The molecule has 306 valence electrons. The highest BCUT2D eigenvalue weighted by Crippen LogP contribution is 2.48. The second-order valence-electron chi connectivity index (χ2n) is 15.0. The molecule has 5 aliphatic rings. The van der Waals surface area contributed by atoms with Gasteiger partial charge in [-0.05, 0) is 32.9 Å². The summed E-state index contributed by atoms with van der Waals surface area (Å²) in [5, 5.41) is 53.3. The number of halogens is 1. The number of fused-ring (bicyclic) bond motifs is 4. The molecule has 4 saturated heterocycles. The molecule has 6 heterocycles. The van der Waals surface area contributed by atoms with Gasteiger partial charge in [0.25, 0.3) is 17.7 Å². The molecule has 3 atom stereocenters. The standard InChI is InChI=1S/C35H41ClN8O11S2/c1-16-18(13-44-8-5-35(6-9-44,7-10-44)15-38-27(47)22(41-54-4)17-11-19(36)26(46)21(45)12-17)25(31(50)51)43-29(49)24(30(43)57-16)40-28(48)23(20-14-56-33(37)39-20)42-55-34(2,3)32(52)53/h11-12,14,16,24,30H,5-10,13,15H2,1-4H3,(H7-,37,38,39,40,41,42,45,46,47,48,50,51,52,53)/p+1. The van der Waals surface area contributed by atoms with Gasteiger partial charge in [-0.15, -0.1) is 23.1 Å². The minimum Gasteiger partial charge on any atom is -0.504 e. The zero-order valence-corrected chi connectivity index (χ0v) is 33.7. The number of oxime groups is 2. The Morgan fingerprint density at radius 3 is 2.33 bits per heavy atom. The molecule has 19 nitrogen and oxygen atoms in total. The number of quaternary nitrogens is 1. The number of benzene rings is 1. The number of anilines is 1. The maximum Gasteiger partial charge on any atom is 0.352 e. The molecule has 4 fully saturated rings. The number of hydrogen-bond acceptors (Lipinski definition) is 15. The van der Waals surface area contributed by atoms with Crippen molar-refractivity contribution in [3.05, 3.63) is 45.1 Å². The van der Waals surface area contributed by atoms with Gasteiger partial charge < -0.3 is 51.0 Å². The number of aromatic hydroxyl groups is 2. The summed E-state index contributed by atoms with van der Waals surface area (Å²) in [6.07, 6.45) is 2.23. The van der Waals surface area contributed by atoms with E-state index in [1.807, 2.05) is 6.92 Å². The molecule has 3 unspecified atom stereocenters. The van der Waals surface area contributed by atoms with Crippen LogP contribution in [-0.4, -0.2) is 138 Å². The first-order valence-corrected chi connectivity index (χ1v) is 19.9. The average molecular weight is 850 g/mol. The van der Waals surface area contributed by atoms with E-state index in [1.54, 1.807) is 0 Å². The van der Waals surface area contributed by atoms with E-state index in [9.17, 15) is 44.4 Å². The summed E-state index contributed by atoms with van der Waals surface area (Å²) in [7, 11) is 1.27. The third-order valence-electron chi connectivity index (χ3n) is 11.0. The maximum atomic E-state index is 13.6. The highest BCUT2D eigenvalue weighted by molar-refractivity contribution is 8.00. The molecular formula is C35H42ClN8O11S2+. The molecular weight excluding hydrogens is 808 g/mol. The fourth-order valence-corrected chi connectivity index (χ4v) is 9.66. The Balaban J connectivity index is 1.13. The summed E-state index contributed by atoms with van der Waals surface area (Å²) >= 11 is 8.37. The summed E-state index contributed by atoms with van der Waals surface area (Å²) in [5.41, 5.74) is 3.87. The van der Waals surface area contributed by atoms with Crippen LogP contribution >= 0.6 is 34.7 Å². The number of phenolic OH excluding ortho intramolecular Hbond substituents is 2. The Bertz CT molecular complexity index is 2070. The van der Waals surface area contributed by atoms with Gasteiger partial charge in [0.2, 0.25) is 5.60 Å². The normalized spacial score (nSPS) is 26.0. The van der Waals surface area contributed by atoms with Gasteiger partial charge in [-0.25, -0.2) is 14.6 Å². The van der Waals surface area contributed by atoms with Crippen molar-refractivity contribution in [2.45, 2.75) is 62.3 Å². The van der Waals surface area contributed by atoms with E-state index in [4.69, 9.17) is 27.0 Å². The Hall–Kier alpha value is -5.12. The summed E-state index contributed by atoms with van der Waals surface area (Å²) in [6.45, 7) is 7.24. The number of carboxylic acids is 2. The molecule has 8 N–H and O–H groups in total. The first-order chi connectivity index (χ1) is 26.8. The third kappa shape index (κ3) is 8.05. The largest absolute Gasteiger partial charge is 0.504 e. The van der Waals surface area contributed by atoms with Gasteiger partial charge in [0.15, 0.2) is 28.1 Å². The lowest BCUT2D eigenvalue weighted by Gasteiger charge is -2.56. The van der Waals surface area contributed by atoms with Crippen LogP contribution in [0.3, 0.4) is 0 Å². The Labute approximate surface area is 339 Å². The molecule has 0 spiro atoms. The number of nitrogens with one attached hydrogen (secondary N) is 2. The molecule has 0 saturated carbocycles. The first kappa shape index (κ1) is 41.5. The van der Waals surface area contributed by atoms with E-state index < -0.39 is 63.9 Å². The molecule has 0 radical (unpaired) electrons. The number of nitrogen functional groups attached to an aromatic ring is 1. The first-order valence-electron chi connectivity index (χ1n) is 17.7. The number of carboxylic acid groups (broad SMARTS) is 2. The zero-order chi connectivity index (χ0) is 41.6.